The Kier molecular flexibility index (Phi) is 6.94. The van der Waals surface area contributed by atoms with Gasteiger partial charge in [-0.25, -0.2) is 12.8 Å². The summed E-state index contributed by atoms with van der Waals surface area (Å²) in [6.07, 6.45) is 2.99. The third-order valence-corrected chi connectivity index (χ3v) is 6.03. The van der Waals surface area contributed by atoms with Gasteiger partial charge in [0.1, 0.15) is 11.6 Å². The predicted molar refractivity (Wildman–Crippen MR) is 112 cm³/mol. The summed E-state index contributed by atoms with van der Waals surface area (Å²) >= 11 is 0. The Morgan fingerprint density at radius 1 is 1.27 bits per heavy atom. The molecule has 1 saturated heterocycles. The molecule has 2 aromatic rings. The first-order valence-corrected chi connectivity index (χ1v) is 11.4. The van der Waals surface area contributed by atoms with Crippen molar-refractivity contribution >= 4 is 21.6 Å². The van der Waals surface area contributed by atoms with Crippen molar-refractivity contribution in [3.05, 3.63) is 59.4 Å². The van der Waals surface area contributed by atoms with E-state index in [9.17, 15) is 17.6 Å². The van der Waals surface area contributed by atoms with Crippen LogP contribution in [0.3, 0.4) is 0 Å². The van der Waals surface area contributed by atoms with Gasteiger partial charge in [-0.15, -0.1) is 0 Å². The molecule has 1 amide bonds. The van der Waals surface area contributed by atoms with Crippen molar-refractivity contribution in [2.45, 2.75) is 25.5 Å². The minimum Gasteiger partial charge on any atom is -0.496 e. The lowest BCUT2D eigenvalue weighted by atomic mass is 10.1. The molecule has 1 aliphatic heterocycles. The maximum atomic E-state index is 13.3. The molecule has 1 heterocycles. The number of hydrogen-bond acceptors (Lipinski definition) is 5. The molecule has 0 spiro atoms. The highest BCUT2D eigenvalue weighted by atomic mass is 32.2. The van der Waals surface area contributed by atoms with Crippen LogP contribution in [0, 0.1) is 5.82 Å². The maximum Gasteiger partial charge on any atom is 0.251 e. The van der Waals surface area contributed by atoms with Crippen LogP contribution in [-0.4, -0.2) is 46.9 Å². The van der Waals surface area contributed by atoms with Crippen LogP contribution >= 0.6 is 0 Å². The van der Waals surface area contributed by atoms with E-state index in [1.807, 2.05) is 0 Å². The van der Waals surface area contributed by atoms with Crippen LogP contribution in [0.2, 0.25) is 0 Å². The van der Waals surface area contributed by atoms with Gasteiger partial charge >= 0.3 is 0 Å². The monoisotopic (exact) mass is 436 g/mol. The largest absolute Gasteiger partial charge is 0.496 e. The number of sulfonamides is 1. The second-order valence-electron chi connectivity index (χ2n) is 7.12. The van der Waals surface area contributed by atoms with Crippen LogP contribution in [0.1, 0.15) is 28.8 Å². The second kappa shape index (κ2) is 9.44. The van der Waals surface area contributed by atoms with Gasteiger partial charge < -0.3 is 14.8 Å². The number of halogens is 1. The zero-order valence-corrected chi connectivity index (χ0v) is 17.7. The molecule has 1 N–H and O–H groups in total. The Morgan fingerprint density at radius 2 is 2.00 bits per heavy atom. The number of methoxy groups -OCH3 is 1. The fourth-order valence-electron chi connectivity index (χ4n) is 3.32. The molecular weight excluding hydrogens is 411 g/mol. The van der Waals surface area contributed by atoms with Crippen molar-refractivity contribution in [3.8, 4) is 5.75 Å². The summed E-state index contributed by atoms with van der Waals surface area (Å²) in [7, 11) is -2.20. The van der Waals surface area contributed by atoms with Gasteiger partial charge in [0, 0.05) is 24.3 Å². The van der Waals surface area contributed by atoms with Crippen molar-refractivity contribution in [3.63, 3.8) is 0 Å². The Labute approximate surface area is 175 Å². The molecule has 1 aliphatic rings. The van der Waals surface area contributed by atoms with E-state index in [1.54, 1.807) is 18.2 Å². The molecule has 9 heteroatoms. The van der Waals surface area contributed by atoms with Gasteiger partial charge in [0.05, 0.1) is 31.7 Å². The van der Waals surface area contributed by atoms with Crippen LogP contribution in [0.25, 0.3) is 0 Å². The Balaban J connectivity index is 1.84. The quantitative estimate of drug-likeness (QED) is 0.688. The molecule has 162 valence electrons. The van der Waals surface area contributed by atoms with Crippen molar-refractivity contribution in [2.75, 3.05) is 30.8 Å². The van der Waals surface area contributed by atoms with E-state index < -0.39 is 15.8 Å². The molecular formula is C21H25FN2O5S. The van der Waals surface area contributed by atoms with Gasteiger partial charge in [-0.3, -0.25) is 9.10 Å². The Hall–Kier alpha value is -2.65. The summed E-state index contributed by atoms with van der Waals surface area (Å²) in [5.41, 5.74) is 1.21. The number of hydrogen-bond donors (Lipinski definition) is 1. The molecule has 2 aromatic carbocycles. The van der Waals surface area contributed by atoms with Crippen molar-refractivity contribution in [1.82, 2.24) is 5.32 Å². The number of anilines is 1. The minimum atomic E-state index is -3.67. The summed E-state index contributed by atoms with van der Waals surface area (Å²) in [5, 5.41) is 2.85. The Morgan fingerprint density at radius 3 is 2.60 bits per heavy atom. The number of nitrogens with one attached hydrogen (secondary N) is 1. The third-order valence-electron chi connectivity index (χ3n) is 4.89. The molecule has 1 atom stereocenters. The van der Waals surface area contributed by atoms with E-state index in [1.165, 1.54) is 31.4 Å². The average Bonchev–Trinajstić information content (AvgIpc) is 3.23. The van der Waals surface area contributed by atoms with Crippen molar-refractivity contribution < 1.29 is 27.1 Å². The first kappa shape index (κ1) is 22.0. The highest BCUT2D eigenvalue weighted by molar-refractivity contribution is 7.92. The van der Waals surface area contributed by atoms with Crippen LogP contribution in [0.5, 0.6) is 5.75 Å². The smallest absolute Gasteiger partial charge is 0.251 e. The predicted octanol–water partition coefficient (Wildman–Crippen LogP) is 2.71. The van der Waals surface area contributed by atoms with E-state index in [0.29, 0.717) is 35.7 Å². The molecule has 0 bridgehead atoms. The number of carbonyl (C=O) groups is 1. The first-order valence-electron chi connectivity index (χ1n) is 9.58. The van der Waals surface area contributed by atoms with Gasteiger partial charge in [0.2, 0.25) is 10.0 Å². The summed E-state index contributed by atoms with van der Waals surface area (Å²) in [4.78, 5) is 12.6. The topological polar surface area (TPSA) is 84.9 Å². The van der Waals surface area contributed by atoms with Gasteiger partial charge in [0.15, 0.2) is 0 Å². The average molecular weight is 437 g/mol. The minimum absolute atomic E-state index is 0.0193. The van der Waals surface area contributed by atoms with E-state index in [-0.39, 0.29) is 18.6 Å². The number of carbonyl (C=O) groups excluding carboxylic acids is 1. The summed E-state index contributed by atoms with van der Waals surface area (Å²) < 4.78 is 50.1. The lowest BCUT2D eigenvalue weighted by Gasteiger charge is -2.24. The molecule has 0 aromatic heterocycles. The van der Waals surface area contributed by atoms with Gasteiger partial charge in [-0.05, 0) is 55.3 Å². The number of amides is 1. The van der Waals surface area contributed by atoms with Gasteiger partial charge in [0.25, 0.3) is 5.91 Å². The SMILES string of the molecule is COc1ccc(C(=O)NC[C@@H]2CCCO2)cc1CN(c1ccc(F)cc1)S(C)(=O)=O. The second-order valence-corrected chi connectivity index (χ2v) is 9.02. The normalized spacial score (nSPS) is 16.3. The standard InChI is InChI=1S/C21H25FN2O5S/c1-28-20-10-5-15(21(25)23-13-19-4-3-11-29-19)12-16(20)14-24(30(2,26)27)18-8-6-17(22)7-9-18/h5-10,12,19H,3-4,11,13-14H2,1-2H3,(H,23,25)/t19-/m0/s1. The summed E-state index contributed by atoms with van der Waals surface area (Å²) in [5.74, 6) is -0.293. The zero-order chi connectivity index (χ0) is 21.7. The van der Waals surface area contributed by atoms with E-state index in [0.717, 1.165) is 23.4 Å². The maximum absolute atomic E-state index is 13.3. The molecule has 30 heavy (non-hydrogen) atoms. The van der Waals surface area contributed by atoms with E-state index in [4.69, 9.17) is 9.47 Å². The zero-order valence-electron chi connectivity index (χ0n) is 16.9. The van der Waals surface area contributed by atoms with Crippen LogP contribution in [-0.2, 0) is 21.3 Å². The Bertz CT molecular complexity index is 989. The van der Waals surface area contributed by atoms with Crippen LogP contribution < -0.4 is 14.4 Å². The lowest BCUT2D eigenvalue weighted by Crippen LogP contribution is -2.32. The van der Waals surface area contributed by atoms with Crippen molar-refractivity contribution in [1.29, 1.82) is 0 Å². The van der Waals surface area contributed by atoms with Gasteiger partial charge in [-0.2, -0.15) is 0 Å². The fourth-order valence-corrected chi connectivity index (χ4v) is 4.20. The molecule has 0 radical (unpaired) electrons. The summed E-state index contributed by atoms with van der Waals surface area (Å²) in [6.45, 7) is 1.06. The lowest BCUT2D eigenvalue weighted by molar-refractivity contribution is 0.0857. The van der Waals surface area contributed by atoms with Gasteiger partial charge in [-0.1, -0.05) is 0 Å². The molecule has 3 rings (SSSR count). The fraction of sp³-hybridized carbons (Fsp3) is 0.381. The van der Waals surface area contributed by atoms with Crippen molar-refractivity contribution in [2.24, 2.45) is 0 Å². The number of ether oxygens (including phenoxy) is 2. The molecule has 7 nitrogen and oxygen atoms in total. The van der Waals surface area contributed by atoms with E-state index >= 15 is 0 Å². The molecule has 0 saturated carbocycles. The van der Waals surface area contributed by atoms with E-state index in [2.05, 4.69) is 5.32 Å². The number of benzene rings is 2. The van der Waals surface area contributed by atoms with Crippen LogP contribution in [0.4, 0.5) is 10.1 Å². The van der Waals surface area contributed by atoms with Crippen LogP contribution in [0.15, 0.2) is 42.5 Å². The molecule has 0 aliphatic carbocycles. The molecule has 1 fully saturated rings. The third kappa shape index (κ3) is 5.48. The highest BCUT2D eigenvalue weighted by Gasteiger charge is 2.22. The summed E-state index contributed by atoms with van der Waals surface area (Å²) in [6, 6.07) is 10.0. The number of rotatable bonds is 8. The highest BCUT2D eigenvalue weighted by Crippen LogP contribution is 2.27. The molecule has 0 unspecified atom stereocenters. The number of nitrogens with zero attached hydrogens (tertiary/aromatic N) is 1. The first-order chi connectivity index (χ1) is 14.3.